The molecule has 1 fully saturated rings. The molecule has 1 N–H and O–H groups in total. The van der Waals surface area contributed by atoms with E-state index in [9.17, 15) is 14.4 Å². The van der Waals surface area contributed by atoms with Gasteiger partial charge < -0.3 is 9.73 Å². The molecule has 0 bridgehead atoms. The minimum Gasteiger partial charge on any atom is -0.461 e. The molecule has 1 aliphatic rings. The standard InChI is InChI=1S/C23H20N4O4S2/c1-14-18(21(32-2)26-19(25-14)16-9-6-12-31-16)20(28)24-10-11-27-22(29)17(33-23(27)30)13-15-7-4-3-5-8-15/h3-9,12-13H,10-11H2,1-2H3,(H,24,28)/b17-13+. The summed E-state index contributed by atoms with van der Waals surface area (Å²) in [6.07, 6.45) is 5.05. The van der Waals surface area contributed by atoms with Gasteiger partial charge in [-0.25, -0.2) is 9.97 Å². The quantitative estimate of drug-likeness (QED) is 0.304. The molecule has 0 spiro atoms. The summed E-state index contributed by atoms with van der Waals surface area (Å²) >= 11 is 2.22. The molecule has 2 aromatic heterocycles. The number of benzene rings is 1. The van der Waals surface area contributed by atoms with E-state index in [-0.39, 0.29) is 30.1 Å². The van der Waals surface area contributed by atoms with Crippen LogP contribution < -0.4 is 5.32 Å². The third kappa shape index (κ3) is 5.01. The zero-order valence-corrected chi connectivity index (χ0v) is 19.5. The van der Waals surface area contributed by atoms with Crippen molar-refractivity contribution in [3.63, 3.8) is 0 Å². The van der Waals surface area contributed by atoms with Crippen molar-refractivity contribution in [1.29, 1.82) is 0 Å². The summed E-state index contributed by atoms with van der Waals surface area (Å²) in [4.78, 5) is 48.1. The second-order valence-corrected chi connectivity index (χ2v) is 8.78. The number of amides is 3. The number of aromatic nitrogens is 2. The van der Waals surface area contributed by atoms with Gasteiger partial charge in [0.15, 0.2) is 11.6 Å². The van der Waals surface area contributed by atoms with Crippen molar-refractivity contribution < 1.29 is 18.8 Å². The number of hydrogen-bond donors (Lipinski definition) is 1. The van der Waals surface area contributed by atoms with Crippen molar-refractivity contribution in [2.45, 2.75) is 11.9 Å². The molecule has 1 aliphatic heterocycles. The van der Waals surface area contributed by atoms with Crippen LogP contribution in [0.2, 0.25) is 0 Å². The van der Waals surface area contributed by atoms with Crippen LogP contribution in [-0.2, 0) is 4.79 Å². The van der Waals surface area contributed by atoms with E-state index in [1.165, 1.54) is 18.0 Å². The van der Waals surface area contributed by atoms with Gasteiger partial charge in [0, 0.05) is 13.1 Å². The largest absolute Gasteiger partial charge is 0.461 e. The molecule has 3 heterocycles. The molecule has 0 atom stereocenters. The predicted octanol–water partition coefficient (Wildman–Crippen LogP) is 4.23. The van der Waals surface area contributed by atoms with Crippen LogP contribution in [0.25, 0.3) is 17.7 Å². The molecular formula is C23H20N4O4S2. The Labute approximate surface area is 198 Å². The van der Waals surface area contributed by atoms with Crippen molar-refractivity contribution in [3.8, 4) is 11.6 Å². The third-order valence-corrected chi connectivity index (χ3v) is 6.40. The minimum absolute atomic E-state index is 0.0710. The number of thioether (sulfide) groups is 2. The van der Waals surface area contributed by atoms with E-state index in [0.29, 0.717) is 32.8 Å². The maximum absolute atomic E-state index is 12.9. The van der Waals surface area contributed by atoms with Crippen LogP contribution >= 0.6 is 23.5 Å². The highest BCUT2D eigenvalue weighted by Gasteiger charge is 2.34. The second kappa shape index (κ2) is 10.1. The van der Waals surface area contributed by atoms with Gasteiger partial charge in [-0.1, -0.05) is 30.3 Å². The smallest absolute Gasteiger partial charge is 0.293 e. The van der Waals surface area contributed by atoms with Gasteiger partial charge in [-0.2, -0.15) is 0 Å². The van der Waals surface area contributed by atoms with Gasteiger partial charge in [-0.05, 0) is 48.7 Å². The van der Waals surface area contributed by atoms with Crippen molar-refractivity contribution in [1.82, 2.24) is 20.2 Å². The summed E-state index contributed by atoms with van der Waals surface area (Å²) in [6, 6.07) is 12.8. The lowest BCUT2D eigenvalue weighted by Crippen LogP contribution is -2.37. The Kier molecular flexibility index (Phi) is 6.95. The molecule has 3 aromatic rings. The number of carbonyl (C=O) groups excluding carboxylic acids is 3. The van der Waals surface area contributed by atoms with Crippen LogP contribution in [0.1, 0.15) is 21.6 Å². The van der Waals surface area contributed by atoms with Crippen LogP contribution in [0.4, 0.5) is 4.79 Å². The predicted molar refractivity (Wildman–Crippen MR) is 128 cm³/mol. The minimum atomic E-state index is -0.366. The molecule has 10 heteroatoms. The van der Waals surface area contributed by atoms with E-state index in [0.717, 1.165) is 22.2 Å². The average Bonchev–Trinajstić information content (AvgIpc) is 3.44. The summed E-state index contributed by atoms with van der Waals surface area (Å²) in [5.41, 5.74) is 1.71. The fourth-order valence-electron chi connectivity index (χ4n) is 3.23. The van der Waals surface area contributed by atoms with Crippen molar-refractivity contribution in [2.24, 2.45) is 0 Å². The fourth-order valence-corrected chi connectivity index (χ4v) is 4.72. The highest BCUT2D eigenvalue weighted by atomic mass is 32.2. The first-order valence-corrected chi connectivity index (χ1v) is 12.1. The Hall–Kier alpha value is -3.37. The Morgan fingerprint density at radius 3 is 2.67 bits per heavy atom. The monoisotopic (exact) mass is 480 g/mol. The first-order valence-electron chi connectivity index (χ1n) is 10.0. The first-order chi connectivity index (χ1) is 16.0. The van der Waals surface area contributed by atoms with Gasteiger partial charge in [-0.3, -0.25) is 19.3 Å². The first kappa shape index (κ1) is 22.8. The number of nitrogens with one attached hydrogen (secondary N) is 1. The number of carbonyl (C=O) groups is 3. The van der Waals surface area contributed by atoms with E-state index in [4.69, 9.17) is 4.42 Å². The Balaban J connectivity index is 1.42. The van der Waals surface area contributed by atoms with Crippen molar-refractivity contribution in [3.05, 3.63) is 70.5 Å². The van der Waals surface area contributed by atoms with Crippen molar-refractivity contribution in [2.75, 3.05) is 19.3 Å². The van der Waals surface area contributed by atoms with Gasteiger partial charge in [0.25, 0.3) is 17.1 Å². The highest BCUT2D eigenvalue weighted by molar-refractivity contribution is 8.18. The molecule has 0 radical (unpaired) electrons. The maximum Gasteiger partial charge on any atom is 0.293 e. The number of furan rings is 1. The van der Waals surface area contributed by atoms with Gasteiger partial charge in [0.05, 0.1) is 22.4 Å². The molecule has 4 rings (SSSR count). The Morgan fingerprint density at radius 1 is 1.18 bits per heavy atom. The van der Waals surface area contributed by atoms with Crippen LogP contribution in [-0.4, -0.2) is 51.3 Å². The van der Waals surface area contributed by atoms with Gasteiger partial charge in [0.1, 0.15) is 5.03 Å². The van der Waals surface area contributed by atoms with Crippen molar-refractivity contribution >= 4 is 46.7 Å². The van der Waals surface area contributed by atoms with Gasteiger partial charge in [0.2, 0.25) is 0 Å². The molecule has 33 heavy (non-hydrogen) atoms. The normalized spacial score (nSPS) is 14.8. The molecule has 1 aromatic carbocycles. The fraction of sp³-hybridized carbons (Fsp3) is 0.174. The lowest BCUT2D eigenvalue weighted by Gasteiger charge is -2.14. The molecule has 1 saturated heterocycles. The number of nitrogens with zero attached hydrogens (tertiary/aromatic N) is 3. The highest BCUT2D eigenvalue weighted by Crippen LogP contribution is 2.32. The summed E-state index contributed by atoms with van der Waals surface area (Å²) in [6.45, 7) is 1.91. The van der Waals surface area contributed by atoms with Crippen LogP contribution in [0, 0.1) is 6.92 Å². The van der Waals surface area contributed by atoms with Crippen LogP contribution in [0.5, 0.6) is 0 Å². The lowest BCUT2D eigenvalue weighted by atomic mass is 10.2. The zero-order valence-electron chi connectivity index (χ0n) is 17.9. The number of imide groups is 1. The van der Waals surface area contributed by atoms with Gasteiger partial charge >= 0.3 is 0 Å². The number of hydrogen-bond acceptors (Lipinski definition) is 8. The van der Waals surface area contributed by atoms with Gasteiger partial charge in [-0.15, -0.1) is 11.8 Å². The number of aryl methyl sites for hydroxylation is 1. The van der Waals surface area contributed by atoms with E-state index >= 15 is 0 Å². The Bertz CT molecular complexity index is 1230. The lowest BCUT2D eigenvalue weighted by molar-refractivity contribution is -0.122. The average molecular weight is 481 g/mol. The summed E-state index contributed by atoms with van der Waals surface area (Å²) in [5, 5.41) is 2.93. The molecule has 168 valence electrons. The number of rotatable bonds is 7. The van der Waals surface area contributed by atoms with E-state index in [2.05, 4.69) is 15.3 Å². The van der Waals surface area contributed by atoms with E-state index < -0.39 is 0 Å². The van der Waals surface area contributed by atoms with Crippen LogP contribution in [0.15, 0.2) is 63.1 Å². The second-order valence-electron chi connectivity index (χ2n) is 6.99. The molecular weight excluding hydrogens is 460 g/mol. The topological polar surface area (TPSA) is 105 Å². The molecule has 0 aliphatic carbocycles. The molecule has 0 unspecified atom stereocenters. The summed E-state index contributed by atoms with van der Waals surface area (Å²) in [7, 11) is 0. The molecule has 0 saturated carbocycles. The SMILES string of the molecule is CSc1nc(-c2ccco2)nc(C)c1C(=O)NCCN1C(=O)S/C(=C/c2ccccc2)C1=O. The summed E-state index contributed by atoms with van der Waals surface area (Å²) < 4.78 is 5.35. The zero-order chi connectivity index (χ0) is 23.4. The Morgan fingerprint density at radius 2 is 1.97 bits per heavy atom. The molecule has 3 amide bonds. The maximum atomic E-state index is 12.9. The van der Waals surface area contributed by atoms with Crippen LogP contribution in [0.3, 0.4) is 0 Å². The molecule has 8 nitrogen and oxygen atoms in total. The van der Waals surface area contributed by atoms with E-state index in [1.54, 1.807) is 25.1 Å². The van der Waals surface area contributed by atoms with E-state index in [1.807, 2.05) is 36.6 Å². The summed E-state index contributed by atoms with van der Waals surface area (Å²) in [5.74, 6) is 0.189. The third-order valence-electron chi connectivity index (χ3n) is 4.81.